The van der Waals surface area contributed by atoms with Crippen molar-refractivity contribution in [3.63, 3.8) is 0 Å². The van der Waals surface area contributed by atoms with Crippen molar-refractivity contribution in [3.8, 4) is 11.4 Å². The highest BCUT2D eigenvalue weighted by atomic mass is 16.5. The summed E-state index contributed by atoms with van der Waals surface area (Å²) in [7, 11) is 1.55. The maximum absolute atomic E-state index is 12.1. The third-order valence-corrected chi connectivity index (χ3v) is 2.73. The van der Waals surface area contributed by atoms with E-state index in [4.69, 9.17) is 4.74 Å². The van der Waals surface area contributed by atoms with E-state index >= 15 is 0 Å². The van der Waals surface area contributed by atoms with Gasteiger partial charge in [0.1, 0.15) is 0 Å². The van der Waals surface area contributed by atoms with Gasteiger partial charge in [-0.05, 0) is 18.6 Å². The van der Waals surface area contributed by atoms with Gasteiger partial charge in [-0.2, -0.15) is 0 Å². The summed E-state index contributed by atoms with van der Waals surface area (Å²) in [5.41, 5.74) is 0.0328. The molecule has 0 atom stereocenters. The molecular formula is C14H16N2O3. The average Bonchev–Trinajstić information content (AvgIpc) is 2.42. The maximum atomic E-state index is 12.1. The Hall–Kier alpha value is -2.30. The van der Waals surface area contributed by atoms with Crippen molar-refractivity contribution < 1.29 is 4.74 Å². The van der Waals surface area contributed by atoms with Crippen LogP contribution in [-0.4, -0.2) is 16.0 Å². The van der Waals surface area contributed by atoms with Crippen LogP contribution < -0.4 is 15.9 Å². The molecule has 5 heteroatoms. The number of ether oxygens (including phenoxy) is 1. The summed E-state index contributed by atoms with van der Waals surface area (Å²) in [5, 5.41) is 0. The molecule has 0 saturated heterocycles. The third-order valence-electron chi connectivity index (χ3n) is 2.73. The van der Waals surface area contributed by atoms with E-state index in [1.807, 2.05) is 25.1 Å². The van der Waals surface area contributed by atoms with Crippen molar-refractivity contribution in [2.45, 2.75) is 13.3 Å². The Morgan fingerprint density at radius 3 is 2.47 bits per heavy atom. The monoisotopic (exact) mass is 260 g/mol. The smallest absolute Gasteiger partial charge is 0.307 e. The molecule has 0 aliphatic heterocycles. The second kappa shape index (κ2) is 5.56. The van der Waals surface area contributed by atoms with Crippen molar-refractivity contribution >= 4 is 0 Å². The Labute approximate surface area is 110 Å². The lowest BCUT2D eigenvalue weighted by Gasteiger charge is -2.13. The van der Waals surface area contributed by atoms with Crippen LogP contribution >= 0.6 is 0 Å². The third kappa shape index (κ3) is 2.59. The quantitative estimate of drug-likeness (QED) is 0.833. The van der Waals surface area contributed by atoms with Gasteiger partial charge in [-0.15, -0.1) is 0 Å². The predicted molar refractivity (Wildman–Crippen MR) is 73.1 cm³/mol. The molecule has 19 heavy (non-hydrogen) atoms. The molecule has 5 nitrogen and oxygen atoms in total. The first-order valence-electron chi connectivity index (χ1n) is 6.16. The summed E-state index contributed by atoms with van der Waals surface area (Å²) in [5.74, 6) is 0.0986. The van der Waals surface area contributed by atoms with Gasteiger partial charge in [0.2, 0.25) is 0 Å². The van der Waals surface area contributed by atoms with Gasteiger partial charge in [0.15, 0.2) is 5.75 Å². The maximum Gasteiger partial charge on any atom is 0.307 e. The second-order valence-electron chi connectivity index (χ2n) is 4.17. The highest BCUT2D eigenvalue weighted by molar-refractivity contribution is 5.31. The highest BCUT2D eigenvalue weighted by Gasteiger charge is 2.10. The highest BCUT2D eigenvalue weighted by Crippen LogP contribution is 2.05. The Bertz CT molecular complexity index is 671. The number of aromatic nitrogens is 2. The first kappa shape index (κ1) is 13.1. The van der Waals surface area contributed by atoms with Crippen molar-refractivity contribution in [1.82, 2.24) is 9.36 Å². The van der Waals surface area contributed by atoms with E-state index in [9.17, 15) is 9.59 Å². The minimum atomic E-state index is -0.322. The fourth-order valence-corrected chi connectivity index (χ4v) is 1.82. The van der Waals surface area contributed by atoms with Crippen LogP contribution in [0.1, 0.15) is 13.3 Å². The first-order chi connectivity index (χ1) is 9.15. The lowest BCUT2D eigenvalue weighted by Crippen LogP contribution is -2.36. The second-order valence-corrected chi connectivity index (χ2v) is 4.17. The zero-order valence-electron chi connectivity index (χ0n) is 11.0. The summed E-state index contributed by atoms with van der Waals surface area (Å²) < 4.78 is 7.88. The molecule has 0 N–H and O–H groups in total. The van der Waals surface area contributed by atoms with Gasteiger partial charge in [-0.3, -0.25) is 9.59 Å². The van der Waals surface area contributed by atoms with Crippen LogP contribution in [-0.2, 0) is 7.05 Å². The van der Waals surface area contributed by atoms with Crippen LogP contribution in [0, 0.1) is 0 Å². The van der Waals surface area contributed by atoms with Gasteiger partial charge in [0, 0.05) is 7.05 Å². The molecule has 0 saturated carbocycles. The van der Waals surface area contributed by atoms with Crippen LogP contribution in [0.25, 0.3) is 5.69 Å². The summed E-state index contributed by atoms with van der Waals surface area (Å²) in [6, 6.07) is 10.3. The van der Waals surface area contributed by atoms with Crippen molar-refractivity contribution in [2.24, 2.45) is 7.05 Å². The molecule has 2 aromatic rings. The van der Waals surface area contributed by atoms with E-state index in [0.29, 0.717) is 12.3 Å². The number of benzene rings is 1. The van der Waals surface area contributed by atoms with E-state index in [1.54, 1.807) is 19.2 Å². The lowest BCUT2D eigenvalue weighted by atomic mass is 10.3. The van der Waals surface area contributed by atoms with Gasteiger partial charge in [0.05, 0.1) is 18.4 Å². The van der Waals surface area contributed by atoms with Crippen molar-refractivity contribution in [3.05, 3.63) is 57.1 Å². The largest absolute Gasteiger partial charge is 0.488 e. The molecule has 0 unspecified atom stereocenters. The number of hydrogen-bond donors (Lipinski definition) is 0. The Kier molecular flexibility index (Phi) is 3.85. The molecule has 1 heterocycles. The predicted octanol–water partition coefficient (Wildman–Crippen LogP) is 1.32. The molecule has 1 aromatic heterocycles. The molecule has 0 radical (unpaired) electrons. The Morgan fingerprint density at radius 1 is 1.16 bits per heavy atom. The van der Waals surface area contributed by atoms with Crippen LogP contribution in [0.2, 0.25) is 0 Å². The topological polar surface area (TPSA) is 53.2 Å². The van der Waals surface area contributed by atoms with E-state index in [1.165, 1.54) is 15.4 Å². The Balaban J connectivity index is 2.57. The normalized spacial score (nSPS) is 10.4. The van der Waals surface area contributed by atoms with E-state index < -0.39 is 0 Å². The minimum Gasteiger partial charge on any atom is -0.488 e. The van der Waals surface area contributed by atoms with Gasteiger partial charge in [-0.25, -0.2) is 9.36 Å². The van der Waals surface area contributed by atoms with Crippen LogP contribution in [0.3, 0.4) is 0 Å². The van der Waals surface area contributed by atoms with E-state index in [0.717, 1.165) is 6.42 Å². The summed E-state index contributed by atoms with van der Waals surface area (Å²) in [4.78, 5) is 24.2. The fourth-order valence-electron chi connectivity index (χ4n) is 1.82. The van der Waals surface area contributed by atoms with E-state index in [-0.39, 0.29) is 16.9 Å². The van der Waals surface area contributed by atoms with Gasteiger partial charge in [-0.1, -0.05) is 25.1 Å². The lowest BCUT2D eigenvalue weighted by molar-refractivity contribution is 0.306. The molecule has 0 amide bonds. The van der Waals surface area contributed by atoms with Gasteiger partial charge >= 0.3 is 5.56 Å². The standard InChI is InChI=1S/C14H16N2O3/c1-3-9-19-12-10-13(17)16(15(2)14(12)18)11-7-5-4-6-8-11/h4-8,10H,3,9H2,1-2H3. The SMILES string of the molecule is CCCOc1cc(=O)n(-c2ccccc2)n(C)c1=O. The molecule has 0 aliphatic carbocycles. The number of hydrogen-bond acceptors (Lipinski definition) is 3. The summed E-state index contributed by atoms with van der Waals surface area (Å²) >= 11 is 0. The molecule has 0 spiro atoms. The summed E-state index contributed by atoms with van der Waals surface area (Å²) in [6.07, 6.45) is 0.783. The summed E-state index contributed by atoms with van der Waals surface area (Å²) in [6.45, 7) is 2.36. The van der Waals surface area contributed by atoms with Crippen molar-refractivity contribution in [1.29, 1.82) is 0 Å². The van der Waals surface area contributed by atoms with Crippen LogP contribution in [0.4, 0.5) is 0 Å². The van der Waals surface area contributed by atoms with Crippen LogP contribution in [0.15, 0.2) is 46.0 Å². The zero-order chi connectivity index (χ0) is 13.8. The first-order valence-corrected chi connectivity index (χ1v) is 6.16. The molecule has 0 aliphatic rings. The van der Waals surface area contributed by atoms with E-state index in [2.05, 4.69) is 0 Å². The average molecular weight is 260 g/mol. The van der Waals surface area contributed by atoms with Crippen molar-refractivity contribution in [2.75, 3.05) is 6.61 Å². The molecule has 100 valence electrons. The zero-order valence-corrected chi connectivity index (χ0v) is 11.0. The molecule has 2 rings (SSSR count). The molecule has 0 fully saturated rings. The minimum absolute atomic E-state index is 0.0986. The molecular weight excluding hydrogens is 244 g/mol. The Morgan fingerprint density at radius 2 is 1.84 bits per heavy atom. The molecule has 1 aromatic carbocycles. The van der Waals surface area contributed by atoms with Crippen LogP contribution in [0.5, 0.6) is 5.75 Å². The number of para-hydroxylation sites is 1. The number of rotatable bonds is 4. The van der Waals surface area contributed by atoms with Gasteiger partial charge < -0.3 is 4.74 Å². The molecule has 0 bridgehead atoms. The number of nitrogens with zero attached hydrogens (tertiary/aromatic N) is 2. The fraction of sp³-hybridized carbons (Fsp3) is 0.286. The van der Waals surface area contributed by atoms with Gasteiger partial charge in [0.25, 0.3) is 5.56 Å².